The first-order chi connectivity index (χ1) is 27.5. The molecule has 2 aromatic heterocycles. The fourth-order valence-electron chi connectivity index (χ4n) is 8.65. The second-order valence-electron chi connectivity index (χ2n) is 15.2. The maximum atomic E-state index is 6.54. The highest BCUT2D eigenvalue weighted by Crippen LogP contribution is 2.49. The average molecular weight is 718 g/mol. The van der Waals surface area contributed by atoms with Crippen LogP contribution in [0.5, 0.6) is 0 Å². The van der Waals surface area contributed by atoms with Gasteiger partial charge in [0.2, 0.25) is 0 Å². The van der Waals surface area contributed by atoms with E-state index in [1.165, 1.54) is 38.6 Å². The van der Waals surface area contributed by atoms with Gasteiger partial charge in [-0.05, 0) is 91.7 Å². The van der Waals surface area contributed by atoms with Crippen LogP contribution in [0.1, 0.15) is 25.0 Å². The summed E-state index contributed by atoms with van der Waals surface area (Å²) in [4.78, 5) is 15.3. The van der Waals surface area contributed by atoms with Crippen molar-refractivity contribution in [1.82, 2.24) is 15.0 Å². The van der Waals surface area contributed by atoms with Gasteiger partial charge in [-0.2, -0.15) is 0 Å². The van der Waals surface area contributed by atoms with E-state index in [4.69, 9.17) is 19.4 Å². The minimum absolute atomic E-state index is 0.0741. The van der Waals surface area contributed by atoms with E-state index < -0.39 is 0 Å². The van der Waals surface area contributed by atoms with E-state index in [1.54, 1.807) is 0 Å². The number of hydrogen-bond donors (Lipinski definition) is 0. The van der Waals surface area contributed by atoms with Gasteiger partial charge in [0.25, 0.3) is 0 Å². The van der Waals surface area contributed by atoms with E-state index in [1.807, 2.05) is 18.2 Å². The van der Waals surface area contributed by atoms with Crippen LogP contribution in [-0.4, -0.2) is 15.0 Å². The van der Waals surface area contributed by atoms with E-state index >= 15 is 0 Å². The number of fused-ring (bicyclic) bond motifs is 7. The smallest absolute Gasteiger partial charge is 0.164 e. The lowest BCUT2D eigenvalue weighted by Crippen LogP contribution is -2.14. The monoisotopic (exact) mass is 717 g/mol. The minimum Gasteiger partial charge on any atom is -0.456 e. The summed E-state index contributed by atoms with van der Waals surface area (Å²) in [5, 5.41) is 4.68. The van der Waals surface area contributed by atoms with Crippen molar-refractivity contribution in [2.24, 2.45) is 0 Å². The van der Waals surface area contributed by atoms with Gasteiger partial charge >= 0.3 is 0 Å². The normalized spacial score (nSPS) is 13.0. The third-order valence-electron chi connectivity index (χ3n) is 11.5. The highest BCUT2D eigenvalue weighted by molar-refractivity contribution is 6.13. The van der Waals surface area contributed by atoms with Crippen molar-refractivity contribution >= 4 is 32.7 Å². The zero-order valence-corrected chi connectivity index (χ0v) is 31.0. The third kappa shape index (κ3) is 5.18. The first kappa shape index (κ1) is 32.3. The predicted molar refractivity (Wildman–Crippen MR) is 229 cm³/mol. The van der Waals surface area contributed by atoms with Gasteiger partial charge in [-0.3, -0.25) is 0 Å². The SMILES string of the molecule is CC1(C)c2ccccc2-c2cc(-c3nc(-c4ccccc4)nc(-c4cccc(-c5ccc6c(c5)oc5cccc(-c7ccc8ccccc8c7)c56)c4)n3)ccc21. The highest BCUT2D eigenvalue weighted by Gasteiger charge is 2.35. The molecule has 0 unspecified atom stereocenters. The van der Waals surface area contributed by atoms with E-state index in [9.17, 15) is 0 Å². The van der Waals surface area contributed by atoms with E-state index in [0.717, 1.165) is 55.3 Å². The Hall–Kier alpha value is -7.17. The molecule has 0 aliphatic heterocycles. The van der Waals surface area contributed by atoms with Crippen LogP contribution in [0.2, 0.25) is 0 Å². The Kier molecular flexibility index (Phi) is 7.17. The van der Waals surface area contributed by atoms with Gasteiger partial charge in [0.1, 0.15) is 11.2 Å². The Morgan fingerprint density at radius 3 is 1.84 bits per heavy atom. The molecule has 0 saturated carbocycles. The molecule has 0 fully saturated rings. The summed E-state index contributed by atoms with van der Waals surface area (Å²) in [6, 6.07) is 62.0. The molecule has 4 nitrogen and oxygen atoms in total. The number of furan rings is 1. The van der Waals surface area contributed by atoms with Gasteiger partial charge in [-0.15, -0.1) is 0 Å². The molecule has 0 spiro atoms. The van der Waals surface area contributed by atoms with Crippen molar-refractivity contribution < 1.29 is 4.42 Å². The Morgan fingerprint density at radius 2 is 0.982 bits per heavy atom. The first-order valence-electron chi connectivity index (χ1n) is 19.1. The molecule has 0 amide bonds. The maximum Gasteiger partial charge on any atom is 0.164 e. The summed E-state index contributed by atoms with van der Waals surface area (Å²) in [6.07, 6.45) is 0. The average Bonchev–Trinajstić information content (AvgIpc) is 3.75. The van der Waals surface area contributed by atoms with Gasteiger partial charge in [0, 0.05) is 32.9 Å². The molecule has 0 N–H and O–H groups in total. The maximum absolute atomic E-state index is 6.54. The molecule has 0 radical (unpaired) electrons. The van der Waals surface area contributed by atoms with E-state index in [2.05, 4.69) is 172 Å². The Balaban J connectivity index is 1.01. The summed E-state index contributed by atoms with van der Waals surface area (Å²) in [5.74, 6) is 1.92. The topological polar surface area (TPSA) is 51.8 Å². The Labute approximate surface area is 324 Å². The second kappa shape index (κ2) is 12.4. The fourth-order valence-corrected chi connectivity index (χ4v) is 8.65. The number of aromatic nitrogens is 3. The van der Waals surface area contributed by atoms with E-state index in [0.29, 0.717) is 17.5 Å². The molecule has 2 heterocycles. The number of benzene rings is 8. The zero-order chi connectivity index (χ0) is 37.4. The fraction of sp³-hybridized carbons (Fsp3) is 0.0577. The van der Waals surface area contributed by atoms with Gasteiger partial charge in [-0.1, -0.05) is 153 Å². The highest BCUT2D eigenvalue weighted by atomic mass is 16.3. The van der Waals surface area contributed by atoms with Crippen molar-refractivity contribution in [1.29, 1.82) is 0 Å². The standard InChI is InChI=1S/C52H35N3O/c1-52(2)44-20-9-8-18-41(44)43-30-39(25-27-45(43)52)51-54-49(33-13-4-3-5-14-33)53-50(55-51)38-17-10-16-35(29-38)36-24-26-42-47(31-36)56-46-21-11-19-40(48(42)46)37-23-22-32-12-6-7-15-34(32)28-37/h3-31H,1-2H3. The largest absolute Gasteiger partial charge is 0.456 e. The molecule has 1 aliphatic carbocycles. The van der Waals surface area contributed by atoms with Crippen LogP contribution in [0.25, 0.3) is 100 Å². The van der Waals surface area contributed by atoms with Crippen LogP contribution in [0, 0.1) is 0 Å². The molecule has 1 aliphatic rings. The minimum atomic E-state index is -0.0741. The van der Waals surface area contributed by atoms with Crippen molar-refractivity contribution in [3.8, 4) is 67.5 Å². The molecule has 10 aromatic rings. The summed E-state index contributed by atoms with van der Waals surface area (Å²) < 4.78 is 6.54. The van der Waals surface area contributed by atoms with Gasteiger partial charge in [0.15, 0.2) is 17.5 Å². The molecule has 11 rings (SSSR count). The van der Waals surface area contributed by atoms with Crippen LogP contribution in [0.15, 0.2) is 180 Å². The van der Waals surface area contributed by atoms with Crippen LogP contribution < -0.4 is 0 Å². The van der Waals surface area contributed by atoms with E-state index in [-0.39, 0.29) is 5.41 Å². The molecule has 264 valence electrons. The van der Waals surface area contributed by atoms with Gasteiger partial charge < -0.3 is 4.42 Å². The van der Waals surface area contributed by atoms with Gasteiger partial charge in [0.05, 0.1) is 0 Å². The lowest BCUT2D eigenvalue weighted by molar-refractivity contribution is 0.660. The third-order valence-corrected chi connectivity index (χ3v) is 11.5. The number of hydrogen-bond acceptors (Lipinski definition) is 4. The molecule has 56 heavy (non-hydrogen) atoms. The van der Waals surface area contributed by atoms with Crippen molar-refractivity contribution in [2.45, 2.75) is 19.3 Å². The predicted octanol–water partition coefficient (Wildman–Crippen LogP) is 13.6. The lowest BCUT2D eigenvalue weighted by atomic mass is 9.82. The molecule has 8 aromatic carbocycles. The second-order valence-corrected chi connectivity index (χ2v) is 15.2. The van der Waals surface area contributed by atoms with Crippen LogP contribution in [-0.2, 0) is 5.41 Å². The molecule has 0 atom stereocenters. The van der Waals surface area contributed by atoms with Crippen LogP contribution >= 0.6 is 0 Å². The summed E-state index contributed by atoms with van der Waals surface area (Å²) in [6.45, 7) is 4.60. The molecule has 0 saturated heterocycles. The Morgan fingerprint density at radius 1 is 0.375 bits per heavy atom. The van der Waals surface area contributed by atoms with Crippen LogP contribution in [0.4, 0.5) is 0 Å². The number of rotatable bonds is 5. The quantitative estimate of drug-likeness (QED) is 0.178. The number of nitrogens with zero attached hydrogens (tertiary/aromatic N) is 3. The summed E-state index contributed by atoms with van der Waals surface area (Å²) in [7, 11) is 0. The zero-order valence-electron chi connectivity index (χ0n) is 31.0. The molecular formula is C52H35N3O. The molecule has 0 bridgehead atoms. The first-order valence-corrected chi connectivity index (χ1v) is 19.1. The Bertz CT molecular complexity index is 3180. The summed E-state index contributed by atoms with van der Waals surface area (Å²) >= 11 is 0. The molecular weight excluding hydrogens is 683 g/mol. The lowest BCUT2D eigenvalue weighted by Gasteiger charge is -2.21. The van der Waals surface area contributed by atoms with Crippen molar-refractivity contribution in [2.75, 3.05) is 0 Å². The van der Waals surface area contributed by atoms with Gasteiger partial charge in [-0.25, -0.2) is 15.0 Å². The molecule has 4 heteroatoms. The summed E-state index contributed by atoms with van der Waals surface area (Å²) in [5.41, 5.74) is 14.1. The van der Waals surface area contributed by atoms with Crippen molar-refractivity contribution in [3.63, 3.8) is 0 Å². The van der Waals surface area contributed by atoms with Crippen LogP contribution in [0.3, 0.4) is 0 Å². The van der Waals surface area contributed by atoms with Crippen molar-refractivity contribution in [3.05, 3.63) is 187 Å².